The third-order valence-electron chi connectivity index (χ3n) is 3.74. The second-order valence-corrected chi connectivity index (χ2v) is 5.11. The smallest absolute Gasteiger partial charge is 0.185 e. The highest BCUT2D eigenvalue weighted by Gasteiger charge is 2.32. The standard InChI is InChI=1S/C17H19N2.HI/c1-18-13-10-16(15-8-4-2-5-9-15)17(14-18)19-11-6-3-7-12-19;/h2-13,16-17H,14H2,1H3;1H/q+1;/p-1. The lowest BCUT2D eigenvalue weighted by molar-refractivity contribution is -0.724. The average molecular weight is 378 g/mol. The molecule has 0 fully saturated rings. The van der Waals surface area contributed by atoms with Crippen LogP contribution in [-0.4, -0.2) is 18.5 Å². The van der Waals surface area contributed by atoms with Crippen LogP contribution in [0.2, 0.25) is 0 Å². The molecule has 20 heavy (non-hydrogen) atoms. The fourth-order valence-electron chi connectivity index (χ4n) is 2.76. The van der Waals surface area contributed by atoms with Crippen molar-refractivity contribution in [1.29, 1.82) is 0 Å². The van der Waals surface area contributed by atoms with E-state index in [1.807, 2.05) is 0 Å². The minimum Gasteiger partial charge on any atom is -1.00 e. The van der Waals surface area contributed by atoms with Gasteiger partial charge < -0.3 is 28.9 Å². The van der Waals surface area contributed by atoms with Crippen LogP contribution in [0.5, 0.6) is 0 Å². The van der Waals surface area contributed by atoms with Crippen molar-refractivity contribution in [1.82, 2.24) is 4.90 Å². The summed E-state index contributed by atoms with van der Waals surface area (Å²) >= 11 is 0. The van der Waals surface area contributed by atoms with Gasteiger partial charge >= 0.3 is 0 Å². The van der Waals surface area contributed by atoms with Gasteiger partial charge in [-0.1, -0.05) is 42.5 Å². The zero-order valence-electron chi connectivity index (χ0n) is 11.6. The van der Waals surface area contributed by atoms with Crippen molar-refractivity contribution < 1.29 is 28.5 Å². The summed E-state index contributed by atoms with van der Waals surface area (Å²) in [5, 5.41) is 0. The van der Waals surface area contributed by atoms with Crippen LogP contribution in [0.3, 0.4) is 0 Å². The number of allylic oxidation sites excluding steroid dienone is 1. The van der Waals surface area contributed by atoms with E-state index in [2.05, 4.69) is 89.7 Å². The average Bonchev–Trinajstić information content (AvgIpc) is 2.49. The number of likely N-dealkylation sites (N-methyl/N-ethyl adjacent to an activating group) is 1. The molecule has 2 unspecified atom stereocenters. The molecule has 0 N–H and O–H groups in total. The van der Waals surface area contributed by atoms with E-state index in [0.717, 1.165) is 6.54 Å². The van der Waals surface area contributed by atoms with Crippen molar-refractivity contribution in [3.8, 4) is 0 Å². The van der Waals surface area contributed by atoms with Gasteiger partial charge in [0.25, 0.3) is 0 Å². The molecule has 2 nitrogen and oxygen atoms in total. The molecule has 0 spiro atoms. The number of rotatable bonds is 2. The van der Waals surface area contributed by atoms with Gasteiger partial charge in [-0.15, -0.1) is 0 Å². The summed E-state index contributed by atoms with van der Waals surface area (Å²) < 4.78 is 2.32. The fraction of sp³-hybridized carbons (Fsp3) is 0.235. The van der Waals surface area contributed by atoms with E-state index < -0.39 is 0 Å². The molecule has 0 amide bonds. The van der Waals surface area contributed by atoms with Crippen molar-refractivity contribution in [3.63, 3.8) is 0 Å². The Labute approximate surface area is 137 Å². The predicted octanol–water partition coefficient (Wildman–Crippen LogP) is -0.238. The molecule has 1 aromatic carbocycles. The molecule has 0 aliphatic carbocycles. The monoisotopic (exact) mass is 378 g/mol. The molecule has 3 heteroatoms. The minimum atomic E-state index is 0. The van der Waals surface area contributed by atoms with Crippen molar-refractivity contribution in [2.75, 3.05) is 13.6 Å². The highest BCUT2D eigenvalue weighted by Crippen LogP contribution is 2.30. The van der Waals surface area contributed by atoms with Crippen LogP contribution in [0.25, 0.3) is 0 Å². The molecule has 104 valence electrons. The normalized spacial score (nSPS) is 21.4. The van der Waals surface area contributed by atoms with Gasteiger partial charge in [-0.25, -0.2) is 0 Å². The topological polar surface area (TPSA) is 7.12 Å². The lowest BCUT2D eigenvalue weighted by atomic mass is 9.89. The van der Waals surface area contributed by atoms with Crippen molar-refractivity contribution >= 4 is 0 Å². The van der Waals surface area contributed by atoms with Gasteiger partial charge in [0.15, 0.2) is 18.4 Å². The van der Waals surface area contributed by atoms with Crippen LogP contribution >= 0.6 is 0 Å². The van der Waals surface area contributed by atoms with E-state index >= 15 is 0 Å². The van der Waals surface area contributed by atoms with Crippen LogP contribution < -0.4 is 28.5 Å². The largest absolute Gasteiger partial charge is 1.00 e. The number of aromatic nitrogens is 1. The van der Waals surface area contributed by atoms with Gasteiger partial charge in [-0.05, 0) is 11.8 Å². The molecule has 1 aliphatic rings. The number of hydrogen-bond donors (Lipinski definition) is 0. The van der Waals surface area contributed by atoms with E-state index in [4.69, 9.17) is 0 Å². The van der Waals surface area contributed by atoms with Crippen LogP contribution in [-0.2, 0) is 0 Å². The molecule has 0 saturated carbocycles. The second kappa shape index (κ2) is 6.88. The zero-order valence-corrected chi connectivity index (χ0v) is 13.7. The maximum Gasteiger partial charge on any atom is 0.185 e. The number of halogens is 1. The Morgan fingerprint density at radius 1 is 1.00 bits per heavy atom. The van der Waals surface area contributed by atoms with Crippen LogP contribution in [0.15, 0.2) is 73.2 Å². The van der Waals surface area contributed by atoms with E-state index in [0.29, 0.717) is 12.0 Å². The summed E-state index contributed by atoms with van der Waals surface area (Å²) in [5.41, 5.74) is 1.38. The fourth-order valence-corrected chi connectivity index (χ4v) is 2.76. The van der Waals surface area contributed by atoms with Gasteiger partial charge in [-0.3, -0.25) is 0 Å². The van der Waals surface area contributed by atoms with E-state index in [1.54, 1.807) is 0 Å². The van der Waals surface area contributed by atoms with Crippen LogP contribution in [0.1, 0.15) is 17.5 Å². The Bertz CT molecular complexity index is 554. The van der Waals surface area contributed by atoms with Crippen molar-refractivity contribution in [2.45, 2.75) is 12.0 Å². The Morgan fingerprint density at radius 2 is 1.65 bits per heavy atom. The Morgan fingerprint density at radius 3 is 2.35 bits per heavy atom. The summed E-state index contributed by atoms with van der Waals surface area (Å²) in [6.45, 7) is 1.03. The summed E-state index contributed by atoms with van der Waals surface area (Å²) in [4.78, 5) is 2.25. The van der Waals surface area contributed by atoms with E-state index in [-0.39, 0.29) is 24.0 Å². The maximum atomic E-state index is 2.32. The number of pyridine rings is 1. The first kappa shape index (κ1) is 15.0. The highest BCUT2D eigenvalue weighted by atomic mass is 127. The highest BCUT2D eigenvalue weighted by molar-refractivity contribution is 5.25. The van der Waals surface area contributed by atoms with Gasteiger partial charge in [0, 0.05) is 19.2 Å². The van der Waals surface area contributed by atoms with Gasteiger partial charge in [0.1, 0.15) is 0 Å². The molecule has 2 heterocycles. The van der Waals surface area contributed by atoms with E-state index in [1.165, 1.54) is 5.56 Å². The van der Waals surface area contributed by atoms with Crippen molar-refractivity contribution in [2.24, 2.45) is 0 Å². The summed E-state index contributed by atoms with van der Waals surface area (Å²) in [7, 11) is 2.13. The third-order valence-corrected chi connectivity index (χ3v) is 3.74. The van der Waals surface area contributed by atoms with E-state index in [9.17, 15) is 0 Å². The molecular weight excluding hydrogens is 359 g/mol. The first-order valence-electron chi connectivity index (χ1n) is 6.74. The molecule has 2 aromatic rings. The quantitative estimate of drug-likeness (QED) is 0.517. The predicted molar refractivity (Wildman–Crippen MR) is 76.6 cm³/mol. The molecule has 0 bridgehead atoms. The lowest BCUT2D eigenvalue weighted by Gasteiger charge is -2.29. The molecule has 1 aromatic heterocycles. The van der Waals surface area contributed by atoms with Crippen molar-refractivity contribution in [3.05, 3.63) is 78.8 Å². The van der Waals surface area contributed by atoms with Crippen LogP contribution in [0, 0.1) is 0 Å². The van der Waals surface area contributed by atoms with Gasteiger partial charge in [-0.2, -0.15) is 4.57 Å². The summed E-state index contributed by atoms with van der Waals surface area (Å²) in [6.07, 6.45) is 8.82. The first-order valence-corrected chi connectivity index (χ1v) is 6.74. The zero-order chi connectivity index (χ0) is 13.1. The Balaban J connectivity index is 0.00000147. The minimum absolute atomic E-state index is 0. The SMILES string of the molecule is CN1C=CC(c2ccccc2)C([n+]2ccccc2)C1.[I-]. The summed E-state index contributed by atoms with van der Waals surface area (Å²) in [5.74, 6) is 0.435. The Hall–Kier alpha value is -1.36. The molecule has 3 rings (SSSR count). The first-order chi connectivity index (χ1) is 9.34. The Kier molecular flexibility index (Phi) is 5.17. The van der Waals surface area contributed by atoms with Gasteiger partial charge in [0.2, 0.25) is 0 Å². The molecular formula is C17H19IN2. The van der Waals surface area contributed by atoms with Gasteiger partial charge in [0.05, 0.1) is 12.5 Å². The third kappa shape index (κ3) is 3.20. The number of hydrogen-bond acceptors (Lipinski definition) is 1. The maximum absolute atomic E-state index is 2.32. The number of nitrogens with zero attached hydrogens (tertiary/aromatic N) is 2. The second-order valence-electron chi connectivity index (χ2n) is 5.11. The molecule has 0 saturated heterocycles. The van der Waals surface area contributed by atoms with Crippen LogP contribution in [0.4, 0.5) is 0 Å². The lowest BCUT2D eigenvalue weighted by Crippen LogP contribution is -3.00. The molecule has 1 aliphatic heterocycles. The summed E-state index contributed by atoms with van der Waals surface area (Å²) in [6, 6.07) is 17.5. The molecule has 2 atom stereocenters. The number of benzene rings is 1. The molecule has 0 radical (unpaired) electrons.